The van der Waals surface area contributed by atoms with E-state index in [0.29, 0.717) is 12.3 Å². The summed E-state index contributed by atoms with van der Waals surface area (Å²) in [6.45, 7) is 1.23. The van der Waals surface area contributed by atoms with Gasteiger partial charge in [-0.25, -0.2) is 9.79 Å². The van der Waals surface area contributed by atoms with Gasteiger partial charge in [-0.1, -0.05) is 6.92 Å². The molecule has 3 rings (SSSR count). The molecule has 2 fully saturated rings. The topological polar surface area (TPSA) is 188 Å². The summed E-state index contributed by atoms with van der Waals surface area (Å²) < 4.78 is 21.6. The van der Waals surface area contributed by atoms with Gasteiger partial charge in [0.05, 0.1) is 6.61 Å². The van der Waals surface area contributed by atoms with Crippen LogP contribution in [0.5, 0.6) is 0 Å². The maximum Gasteiger partial charge on any atom is 0.335 e. The van der Waals surface area contributed by atoms with Gasteiger partial charge < -0.3 is 49.6 Å². The molecule has 0 amide bonds. The molecule has 3 aliphatic rings. The van der Waals surface area contributed by atoms with Gasteiger partial charge >= 0.3 is 5.97 Å². The highest BCUT2D eigenvalue weighted by Crippen LogP contribution is 2.33. The highest BCUT2D eigenvalue weighted by atomic mass is 16.7. The zero-order valence-corrected chi connectivity index (χ0v) is 14.4. The lowest BCUT2D eigenvalue weighted by Crippen LogP contribution is -2.64. The zero-order valence-electron chi connectivity index (χ0n) is 14.4. The van der Waals surface area contributed by atoms with Crippen molar-refractivity contribution in [2.45, 2.75) is 74.7 Å². The molecule has 0 aliphatic carbocycles. The summed E-state index contributed by atoms with van der Waals surface area (Å²) in [5.41, 5.74) is 0. The van der Waals surface area contributed by atoms with Gasteiger partial charge in [0, 0.05) is 6.42 Å². The first kappa shape index (κ1) is 20.4. The predicted molar refractivity (Wildman–Crippen MR) is 83.5 cm³/mol. The lowest BCUT2D eigenvalue weighted by atomic mass is 9.96. The van der Waals surface area contributed by atoms with Crippen LogP contribution in [0.15, 0.2) is 4.99 Å². The average molecular weight is 393 g/mol. The summed E-state index contributed by atoms with van der Waals surface area (Å²) in [5, 5.41) is 58.7. The van der Waals surface area contributed by atoms with E-state index in [2.05, 4.69) is 4.99 Å². The van der Waals surface area contributed by atoms with E-state index in [1.54, 1.807) is 6.92 Å². The first-order valence-corrected chi connectivity index (χ1v) is 8.54. The number of carbonyl (C=O) groups is 1. The van der Waals surface area contributed by atoms with Crippen molar-refractivity contribution in [3.05, 3.63) is 0 Å². The monoisotopic (exact) mass is 393 g/mol. The smallest absolute Gasteiger partial charge is 0.335 e. The van der Waals surface area contributed by atoms with Crippen molar-refractivity contribution < 1.29 is 54.4 Å². The molecule has 6 N–H and O–H groups in total. The third-order valence-corrected chi connectivity index (χ3v) is 4.77. The van der Waals surface area contributed by atoms with Gasteiger partial charge in [-0.05, 0) is 0 Å². The van der Waals surface area contributed by atoms with Crippen LogP contribution in [0, 0.1) is 0 Å². The summed E-state index contributed by atoms with van der Waals surface area (Å²) in [6.07, 6.45) is -13.2. The Hall–Kier alpha value is -1.38. The number of nitrogens with zero attached hydrogens (tertiary/aromatic N) is 1. The van der Waals surface area contributed by atoms with Crippen LogP contribution in [0.4, 0.5) is 0 Å². The van der Waals surface area contributed by atoms with Crippen molar-refractivity contribution in [1.82, 2.24) is 0 Å². The Morgan fingerprint density at radius 3 is 2.41 bits per heavy atom. The molecule has 0 unspecified atom stereocenters. The number of aliphatic hydroxyl groups is 5. The number of fused-ring (bicyclic) bond motifs is 1. The number of rotatable bonds is 5. The lowest BCUT2D eigenvalue weighted by Gasteiger charge is -2.44. The average Bonchev–Trinajstić information content (AvgIpc) is 3.06. The Kier molecular flexibility index (Phi) is 5.98. The van der Waals surface area contributed by atoms with Crippen molar-refractivity contribution >= 4 is 11.9 Å². The predicted octanol–water partition coefficient (Wildman–Crippen LogP) is -3.45. The van der Waals surface area contributed by atoms with Gasteiger partial charge in [-0.3, -0.25) is 0 Å². The Bertz CT molecular complexity index is 586. The summed E-state index contributed by atoms with van der Waals surface area (Å²) in [6, 6.07) is -0.860. The fourth-order valence-corrected chi connectivity index (χ4v) is 3.27. The molecule has 0 radical (unpaired) electrons. The molecule has 0 aromatic rings. The van der Waals surface area contributed by atoms with Gasteiger partial charge in [0.2, 0.25) is 6.29 Å². The number of carboxylic acids is 1. The third-order valence-electron chi connectivity index (χ3n) is 4.77. The standard InChI is InChI=1S/C15H23NO11/c1-2-5-16-6-11(7(18)4(3-17)24-14(6)25-5)26-15-10(21)8(19)9(20)12(27-15)13(22)23/h4,6-12,14-15,17-21H,2-3H2,1H3,(H,22,23)/t4-,6-,7-,8+,9+,10-,11-,12+,14-,15-/m1/s1. The molecule has 0 saturated carbocycles. The number of hydrogen-bond donors (Lipinski definition) is 6. The number of hydrogen-bond acceptors (Lipinski definition) is 11. The summed E-state index contributed by atoms with van der Waals surface area (Å²) in [5.74, 6) is -1.22. The quantitative estimate of drug-likeness (QED) is 0.272. The van der Waals surface area contributed by atoms with Crippen LogP contribution in [0.3, 0.4) is 0 Å². The Balaban J connectivity index is 1.82. The van der Waals surface area contributed by atoms with Crippen LogP contribution >= 0.6 is 0 Å². The van der Waals surface area contributed by atoms with E-state index in [9.17, 15) is 30.3 Å². The summed E-state index contributed by atoms with van der Waals surface area (Å²) >= 11 is 0. The Labute approximate surface area is 153 Å². The molecule has 10 atom stereocenters. The molecule has 27 heavy (non-hydrogen) atoms. The molecule has 0 aromatic carbocycles. The molecule has 0 spiro atoms. The molecular formula is C15H23NO11. The SMILES string of the molecule is CCC1=N[C@H]2[C@@H](O1)O[C@H](CO)[C@@H](O)[C@@H]2O[C@@H]1O[C@H](C(=O)O)[C@@H](O)[C@H](O)[C@H]1O. The maximum atomic E-state index is 11.2. The van der Waals surface area contributed by atoms with Crippen LogP contribution in [-0.2, 0) is 23.7 Å². The fourth-order valence-electron chi connectivity index (χ4n) is 3.27. The first-order valence-electron chi connectivity index (χ1n) is 8.54. The van der Waals surface area contributed by atoms with Gasteiger partial charge in [0.15, 0.2) is 18.3 Å². The highest BCUT2D eigenvalue weighted by Gasteiger charge is 2.54. The minimum atomic E-state index is -1.87. The molecule has 2 saturated heterocycles. The van der Waals surface area contributed by atoms with E-state index in [1.807, 2.05) is 0 Å². The van der Waals surface area contributed by atoms with E-state index < -0.39 is 73.9 Å². The van der Waals surface area contributed by atoms with E-state index in [0.717, 1.165) is 0 Å². The summed E-state index contributed by atoms with van der Waals surface area (Å²) in [4.78, 5) is 15.4. The van der Waals surface area contributed by atoms with Crippen LogP contribution in [0.2, 0.25) is 0 Å². The van der Waals surface area contributed by atoms with Crippen molar-refractivity contribution in [3.8, 4) is 0 Å². The Morgan fingerprint density at radius 1 is 1.11 bits per heavy atom. The van der Waals surface area contributed by atoms with Crippen molar-refractivity contribution in [3.63, 3.8) is 0 Å². The number of carboxylic acid groups (broad SMARTS) is 1. The molecule has 0 bridgehead atoms. The molecule has 3 aliphatic heterocycles. The second-order valence-corrected chi connectivity index (χ2v) is 6.54. The zero-order chi connectivity index (χ0) is 19.9. The van der Waals surface area contributed by atoms with E-state index in [-0.39, 0.29) is 0 Å². The summed E-state index contributed by atoms with van der Waals surface area (Å²) in [7, 11) is 0. The minimum Gasteiger partial charge on any atom is -0.479 e. The van der Waals surface area contributed by atoms with E-state index in [4.69, 9.17) is 24.1 Å². The molecule has 12 nitrogen and oxygen atoms in total. The van der Waals surface area contributed by atoms with Crippen LogP contribution in [0.1, 0.15) is 13.3 Å². The number of aliphatic carboxylic acids is 1. The number of aliphatic imine (C=N–C) groups is 1. The number of aliphatic hydroxyl groups excluding tert-OH is 5. The lowest BCUT2D eigenvalue weighted by molar-refractivity contribution is -0.331. The van der Waals surface area contributed by atoms with Crippen LogP contribution in [0.25, 0.3) is 0 Å². The second-order valence-electron chi connectivity index (χ2n) is 6.54. The van der Waals surface area contributed by atoms with Gasteiger partial charge in [-0.15, -0.1) is 0 Å². The molecule has 154 valence electrons. The third kappa shape index (κ3) is 3.67. The van der Waals surface area contributed by atoms with Crippen LogP contribution < -0.4 is 0 Å². The van der Waals surface area contributed by atoms with E-state index in [1.165, 1.54) is 0 Å². The van der Waals surface area contributed by atoms with Crippen LogP contribution in [-0.4, -0.2) is 110 Å². The first-order chi connectivity index (χ1) is 12.8. The minimum absolute atomic E-state index is 0.341. The van der Waals surface area contributed by atoms with Crippen molar-refractivity contribution in [2.75, 3.05) is 6.61 Å². The highest BCUT2D eigenvalue weighted by molar-refractivity contribution is 5.77. The second kappa shape index (κ2) is 7.93. The normalized spacial score (nSPS) is 47.1. The van der Waals surface area contributed by atoms with Crippen molar-refractivity contribution in [1.29, 1.82) is 0 Å². The fraction of sp³-hybridized carbons (Fsp3) is 0.867. The molecular weight excluding hydrogens is 370 g/mol. The maximum absolute atomic E-state index is 11.2. The van der Waals surface area contributed by atoms with Crippen molar-refractivity contribution in [2.24, 2.45) is 4.99 Å². The van der Waals surface area contributed by atoms with Gasteiger partial charge in [0.1, 0.15) is 42.7 Å². The number of ether oxygens (including phenoxy) is 4. The van der Waals surface area contributed by atoms with Gasteiger partial charge in [0.25, 0.3) is 0 Å². The molecule has 12 heteroatoms. The molecule has 3 heterocycles. The Morgan fingerprint density at radius 2 is 1.81 bits per heavy atom. The molecule has 0 aromatic heterocycles. The largest absolute Gasteiger partial charge is 0.479 e. The van der Waals surface area contributed by atoms with E-state index >= 15 is 0 Å². The van der Waals surface area contributed by atoms with Gasteiger partial charge in [-0.2, -0.15) is 0 Å².